The van der Waals surface area contributed by atoms with Gasteiger partial charge >= 0.3 is 0 Å². The van der Waals surface area contributed by atoms with E-state index >= 15 is 0 Å². The summed E-state index contributed by atoms with van der Waals surface area (Å²) < 4.78 is 4.59. The zero-order valence-electron chi connectivity index (χ0n) is 13.3. The van der Waals surface area contributed by atoms with E-state index in [4.69, 9.17) is 5.73 Å². The Morgan fingerprint density at radius 3 is 2.75 bits per heavy atom. The topological polar surface area (TPSA) is 41.8 Å². The summed E-state index contributed by atoms with van der Waals surface area (Å²) in [7, 11) is 0.743. The van der Waals surface area contributed by atoms with Crippen molar-refractivity contribution in [1.29, 1.82) is 0 Å². The van der Waals surface area contributed by atoms with Gasteiger partial charge in [-0.1, -0.05) is 50.4 Å². The molecule has 0 radical (unpaired) electrons. The molecule has 1 aromatic heterocycles. The summed E-state index contributed by atoms with van der Waals surface area (Å²) in [5, 5.41) is 1.46. The first-order valence-corrected chi connectivity index (χ1v) is 10.4. The number of hydrogen-bond acceptors (Lipinski definition) is 2. The van der Waals surface area contributed by atoms with Crippen LogP contribution < -0.4 is 5.73 Å². The van der Waals surface area contributed by atoms with Gasteiger partial charge in [-0.2, -0.15) is 0 Å². The van der Waals surface area contributed by atoms with Crippen LogP contribution in [0.2, 0.25) is 0 Å². The molecule has 120 valence electrons. The minimum absolute atomic E-state index is 0.743. The fraction of sp³-hybridized carbons (Fsp3) is 0.200. The molecular weight excluding hydrogens is 331 g/mol. The van der Waals surface area contributed by atoms with Crippen molar-refractivity contribution in [3.05, 3.63) is 70.9 Å². The molecule has 2 aliphatic rings. The highest BCUT2D eigenvalue weighted by atomic mass is 32.1. The number of hydrogen-bond donors (Lipinski definition) is 2. The molecule has 1 aliphatic carbocycles. The van der Waals surface area contributed by atoms with E-state index in [1.807, 2.05) is 0 Å². The molecule has 0 saturated heterocycles. The summed E-state index contributed by atoms with van der Waals surface area (Å²) in [6, 6.07) is 15.9. The Balaban J connectivity index is 1.66. The summed E-state index contributed by atoms with van der Waals surface area (Å²) in [5.41, 5.74) is 13.9. The van der Waals surface area contributed by atoms with Crippen LogP contribution in [0.1, 0.15) is 35.4 Å². The molecule has 2 aromatic carbocycles. The largest absolute Gasteiger partial charge is 0.402 e. The number of rotatable bonds is 3. The zero-order chi connectivity index (χ0) is 16.1. The molecule has 4 heteroatoms. The van der Waals surface area contributed by atoms with Gasteiger partial charge in [0, 0.05) is 11.9 Å². The van der Waals surface area contributed by atoms with E-state index in [1.54, 1.807) is 11.5 Å². The monoisotopic (exact) mass is 350 g/mol. The number of nitrogens with one attached hydrogen (secondary N) is 1. The summed E-state index contributed by atoms with van der Waals surface area (Å²) in [5.74, 6) is 0.792. The van der Waals surface area contributed by atoms with Crippen LogP contribution in [0.3, 0.4) is 0 Å². The van der Waals surface area contributed by atoms with Crippen LogP contribution in [0.15, 0.2) is 54.2 Å². The Morgan fingerprint density at radius 2 is 2.00 bits per heavy atom. The van der Waals surface area contributed by atoms with Crippen LogP contribution in [0, 0.1) is 0 Å². The lowest BCUT2D eigenvalue weighted by molar-refractivity contribution is 1.13. The third-order valence-electron chi connectivity index (χ3n) is 4.86. The second kappa shape index (κ2) is 5.61. The Morgan fingerprint density at radius 1 is 1.08 bits per heavy atom. The highest BCUT2D eigenvalue weighted by Gasteiger charge is 2.24. The first-order chi connectivity index (χ1) is 11.8. The summed E-state index contributed by atoms with van der Waals surface area (Å²) in [4.78, 5) is 0. The third kappa shape index (κ3) is 2.53. The number of fused-ring (bicyclic) bond motifs is 1. The van der Waals surface area contributed by atoms with E-state index in [9.17, 15) is 0 Å². The highest BCUT2D eigenvalue weighted by molar-refractivity contribution is 7.51. The van der Waals surface area contributed by atoms with Gasteiger partial charge in [-0.05, 0) is 64.5 Å². The lowest BCUT2D eigenvalue weighted by Crippen LogP contribution is -2.05. The van der Waals surface area contributed by atoms with E-state index < -0.39 is 0 Å². The summed E-state index contributed by atoms with van der Waals surface area (Å²) in [6.45, 7) is 0. The first kappa shape index (κ1) is 14.5. The molecule has 1 fully saturated rings. The van der Waals surface area contributed by atoms with Gasteiger partial charge in [-0.25, -0.2) is 0 Å². The molecule has 1 unspecified atom stereocenters. The molecule has 5 rings (SSSR count). The molecule has 1 atom stereocenters. The molecule has 2 heterocycles. The predicted octanol–water partition coefficient (Wildman–Crippen LogP) is 5.51. The molecule has 0 amide bonds. The lowest BCUT2D eigenvalue weighted by Gasteiger charge is -2.20. The van der Waals surface area contributed by atoms with Gasteiger partial charge in [-0.15, -0.1) is 0 Å². The second-order valence-electron chi connectivity index (χ2n) is 6.68. The number of aromatic amines is 1. The maximum Gasteiger partial charge on any atom is 0.0690 e. The van der Waals surface area contributed by atoms with Crippen molar-refractivity contribution in [2.45, 2.75) is 18.8 Å². The van der Waals surface area contributed by atoms with Crippen molar-refractivity contribution >= 4 is 41.2 Å². The number of aromatic nitrogens is 1. The first-order valence-electron chi connectivity index (χ1n) is 8.40. The third-order valence-corrected chi connectivity index (χ3v) is 7.23. The van der Waals surface area contributed by atoms with Gasteiger partial charge in [0.15, 0.2) is 0 Å². The lowest BCUT2D eigenvalue weighted by atomic mass is 9.99. The minimum Gasteiger partial charge on any atom is -0.402 e. The predicted molar refractivity (Wildman–Crippen MR) is 107 cm³/mol. The summed E-state index contributed by atoms with van der Waals surface area (Å²) in [6.07, 6.45) is 5.86. The number of benzene rings is 2. The maximum absolute atomic E-state index is 6.19. The Kier molecular flexibility index (Phi) is 3.39. The van der Waals surface area contributed by atoms with Crippen LogP contribution >= 0.6 is 20.1 Å². The van der Waals surface area contributed by atoms with Gasteiger partial charge in [0.1, 0.15) is 0 Å². The van der Waals surface area contributed by atoms with Crippen molar-refractivity contribution < 1.29 is 0 Å². The molecule has 3 aromatic rings. The Labute approximate surface area is 147 Å². The average Bonchev–Trinajstić information content (AvgIpc) is 3.41. The number of nitrogens with two attached hydrogens (primary N) is 1. The van der Waals surface area contributed by atoms with Crippen LogP contribution in [-0.4, -0.2) is 10.5 Å². The SMILES string of the molecule is NC1=CC(c2ccc3[nH]sc3c2)=C(c2cccc(C3CC3)c2)PC1. The smallest absolute Gasteiger partial charge is 0.0690 e. The van der Waals surface area contributed by atoms with Crippen molar-refractivity contribution in [3.63, 3.8) is 0 Å². The van der Waals surface area contributed by atoms with Gasteiger partial charge in [-0.3, -0.25) is 0 Å². The molecule has 1 aliphatic heterocycles. The van der Waals surface area contributed by atoms with Crippen LogP contribution in [-0.2, 0) is 0 Å². The van der Waals surface area contributed by atoms with E-state index in [1.165, 1.54) is 50.6 Å². The van der Waals surface area contributed by atoms with Crippen molar-refractivity contribution in [2.24, 2.45) is 5.73 Å². The zero-order valence-corrected chi connectivity index (χ0v) is 15.1. The molecule has 0 spiro atoms. The van der Waals surface area contributed by atoms with Crippen LogP contribution in [0.4, 0.5) is 0 Å². The van der Waals surface area contributed by atoms with E-state index in [0.717, 1.165) is 26.4 Å². The maximum atomic E-state index is 6.19. The van der Waals surface area contributed by atoms with Gasteiger partial charge < -0.3 is 10.1 Å². The van der Waals surface area contributed by atoms with Crippen molar-refractivity contribution in [3.8, 4) is 0 Å². The molecule has 2 nitrogen and oxygen atoms in total. The van der Waals surface area contributed by atoms with Gasteiger partial charge in [0.2, 0.25) is 0 Å². The molecule has 3 N–H and O–H groups in total. The summed E-state index contributed by atoms with van der Waals surface area (Å²) >= 11 is 1.70. The molecule has 1 saturated carbocycles. The van der Waals surface area contributed by atoms with Crippen molar-refractivity contribution in [1.82, 2.24) is 4.37 Å². The molecular formula is C20H19N2PS. The van der Waals surface area contributed by atoms with E-state index in [2.05, 4.69) is 52.9 Å². The Hall–Kier alpha value is -1.83. The quantitative estimate of drug-likeness (QED) is 0.601. The van der Waals surface area contributed by atoms with Crippen LogP contribution in [0.5, 0.6) is 0 Å². The molecule has 24 heavy (non-hydrogen) atoms. The Bertz CT molecular complexity index is 988. The van der Waals surface area contributed by atoms with E-state index in [0.29, 0.717) is 0 Å². The second-order valence-corrected chi connectivity index (χ2v) is 8.73. The standard InChI is InChI=1S/C20H19N2PS/c21-16-10-17(14-6-7-18-19(9-14)24-22-18)20(23-11-16)15-3-1-2-13(8-15)12-4-5-12/h1-3,6-10,12,22-23H,4-5,11,21H2. The fourth-order valence-corrected chi connectivity index (χ4v) is 5.28. The van der Waals surface area contributed by atoms with Gasteiger partial charge in [0.25, 0.3) is 0 Å². The van der Waals surface area contributed by atoms with Crippen molar-refractivity contribution in [2.75, 3.05) is 6.16 Å². The van der Waals surface area contributed by atoms with E-state index in [-0.39, 0.29) is 0 Å². The molecule has 0 bridgehead atoms. The van der Waals surface area contributed by atoms with Crippen LogP contribution in [0.25, 0.3) is 21.1 Å². The minimum atomic E-state index is 0.743. The average molecular weight is 350 g/mol. The number of allylic oxidation sites excluding steroid dienone is 3. The van der Waals surface area contributed by atoms with Gasteiger partial charge in [0.05, 0.1) is 10.2 Å². The normalized spacial score (nSPS) is 19.2. The fourth-order valence-electron chi connectivity index (χ4n) is 3.37. The number of H-pyrrole nitrogens is 1. The highest BCUT2D eigenvalue weighted by Crippen LogP contribution is 2.47.